The zero-order valence-corrected chi connectivity index (χ0v) is 18.0. The molecule has 0 saturated carbocycles. The van der Waals surface area contributed by atoms with Crippen molar-refractivity contribution in [2.75, 3.05) is 20.1 Å². The summed E-state index contributed by atoms with van der Waals surface area (Å²) in [5.41, 5.74) is 4.59. The van der Waals surface area contributed by atoms with E-state index in [1.807, 2.05) is 36.4 Å². The maximum absolute atomic E-state index is 12.8. The predicted molar refractivity (Wildman–Crippen MR) is 124 cm³/mol. The van der Waals surface area contributed by atoms with Crippen LogP contribution in [0.3, 0.4) is 0 Å². The first-order valence-electron chi connectivity index (χ1n) is 10.9. The summed E-state index contributed by atoms with van der Waals surface area (Å²) in [4.78, 5) is 39.6. The van der Waals surface area contributed by atoms with E-state index in [-0.39, 0.29) is 17.7 Å². The molecular formula is C25H25N5O2. The Kier molecular flexibility index (Phi) is 5.41. The Labute approximate surface area is 186 Å². The first-order valence-corrected chi connectivity index (χ1v) is 10.9. The zero-order chi connectivity index (χ0) is 22.1. The van der Waals surface area contributed by atoms with E-state index in [1.165, 1.54) is 0 Å². The first kappa shape index (κ1) is 20.3. The summed E-state index contributed by atoms with van der Waals surface area (Å²) < 4.78 is 0. The van der Waals surface area contributed by atoms with Crippen LogP contribution in [0.4, 0.5) is 0 Å². The number of nitrogens with one attached hydrogen (secondary N) is 2. The van der Waals surface area contributed by atoms with Gasteiger partial charge in [-0.1, -0.05) is 6.08 Å². The molecule has 1 saturated heterocycles. The van der Waals surface area contributed by atoms with E-state index in [9.17, 15) is 9.59 Å². The number of piperidine rings is 1. The normalized spacial score (nSPS) is 17.8. The van der Waals surface area contributed by atoms with Gasteiger partial charge in [0.1, 0.15) is 5.82 Å². The van der Waals surface area contributed by atoms with Gasteiger partial charge in [-0.2, -0.15) is 0 Å². The van der Waals surface area contributed by atoms with Gasteiger partial charge in [0.2, 0.25) is 0 Å². The van der Waals surface area contributed by atoms with Crippen molar-refractivity contribution in [1.82, 2.24) is 25.2 Å². The van der Waals surface area contributed by atoms with Crippen molar-refractivity contribution in [3.05, 3.63) is 71.8 Å². The molecule has 1 amide bonds. The van der Waals surface area contributed by atoms with Crippen LogP contribution in [0.2, 0.25) is 0 Å². The molecule has 3 heterocycles. The summed E-state index contributed by atoms with van der Waals surface area (Å²) in [5.74, 6) is 0.466. The summed E-state index contributed by atoms with van der Waals surface area (Å²) in [6.45, 7) is 1.99. The van der Waals surface area contributed by atoms with Crippen LogP contribution in [-0.2, 0) is 4.79 Å². The quantitative estimate of drug-likeness (QED) is 0.667. The molecule has 7 nitrogen and oxygen atoms in total. The fraction of sp³-hybridized carbons (Fsp3) is 0.280. The number of fused-ring (bicyclic) bond motifs is 1. The summed E-state index contributed by atoms with van der Waals surface area (Å²) in [6, 6.07) is 9.47. The second-order valence-electron chi connectivity index (χ2n) is 8.45. The maximum atomic E-state index is 12.8. The second-order valence-corrected chi connectivity index (χ2v) is 8.45. The molecule has 162 valence electrons. The summed E-state index contributed by atoms with van der Waals surface area (Å²) in [7, 11) is 2.10. The van der Waals surface area contributed by atoms with Crippen LogP contribution < -0.4 is 5.32 Å². The third-order valence-electron chi connectivity index (χ3n) is 6.17. The number of imidazole rings is 1. The van der Waals surface area contributed by atoms with Crippen LogP contribution >= 0.6 is 0 Å². The number of amides is 1. The summed E-state index contributed by atoms with van der Waals surface area (Å²) in [5, 5.41) is 3.14. The van der Waals surface area contributed by atoms with Gasteiger partial charge in [-0.3, -0.25) is 14.6 Å². The number of likely N-dealkylation sites (tertiary alicyclic amines) is 1. The van der Waals surface area contributed by atoms with E-state index < -0.39 is 0 Å². The first-order chi connectivity index (χ1) is 15.6. The Balaban J connectivity index is 1.39. The van der Waals surface area contributed by atoms with Crippen molar-refractivity contribution in [3.8, 4) is 0 Å². The van der Waals surface area contributed by atoms with Crippen molar-refractivity contribution < 1.29 is 9.59 Å². The Bertz CT molecular complexity index is 1230. The highest BCUT2D eigenvalue weighted by atomic mass is 16.1. The number of rotatable bonds is 4. The van der Waals surface area contributed by atoms with Crippen molar-refractivity contribution >= 4 is 33.9 Å². The smallest absolute Gasteiger partial charge is 0.251 e. The van der Waals surface area contributed by atoms with Crippen molar-refractivity contribution in [1.29, 1.82) is 0 Å². The fourth-order valence-electron chi connectivity index (χ4n) is 4.25. The minimum atomic E-state index is -0.0755. The van der Waals surface area contributed by atoms with Crippen LogP contribution in [0, 0.1) is 0 Å². The molecular weight excluding hydrogens is 402 g/mol. The highest BCUT2D eigenvalue weighted by Gasteiger charge is 2.22. The molecule has 1 fully saturated rings. The number of benzene rings is 1. The second kappa shape index (κ2) is 8.51. The molecule has 3 aromatic rings. The Morgan fingerprint density at radius 3 is 2.72 bits per heavy atom. The lowest BCUT2D eigenvalue weighted by Crippen LogP contribution is -2.43. The van der Waals surface area contributed by atoms with Gasteiger partial charge in [0.05, 0.1) is 16.6 Å². The zero-order valence-electron chi connectivity index (χ0n) is 18.0. The van der Waals surface area contributed by atoms with Crippen molar-refractivity contribution in [3.63, 3.8) is 0 Å². The van der Waals surface area contributed by atoms with Gasteiger partial charge in [-0.25, -0.2) is 4.98 Å². The number of ketones is 1. The monoisotopic (exact) mass is 427 g/mol. The lowest BCUT2D eigenvalue weighted by molar-refractivity contribution is -0.113. The number of carbonyl (C=O) groups excluding carboxylic acids is 2. The number of hydrogen-bond acceptors (Lipinski definition) is 5. The van der Waals surface area contributed by atoms with E-state index in [0.29, 0.717) is 23.4 Å². The molecule has 0 unspecified atom stereocenters. The van der Waals surface area contributed by atoms with Crippen molar-refractivity contribution in [2.45, 2.75) is 25.3 Å². The van der Waals surface area contributed by atoms with Gasteiger partial charge < -0.3 is 15.2 Å². The molecule has 7 heteroatoms. The molecule has 1 aliphatic heterocycles. The van der Waals surface area contributed by atoms with E-state index in [4.69, 9.17) is 0 Å². The largest absolute Gasteiger partial charge is 0.349 e. The van der Waals surface area contributed by atoms with Crippen LogP contribution in [0.25, 0.3) is 22.2 Å². The topological polar surface area (TPSA) is 91.0 Å². The average molecular weight is 428 g/mol. The number of H-pyrrole nitrogens is 1. The number of allylic oxidation sites excluding steroid dienone is 4. The van der Waals surface area contributed by atoms with E-state index in [1.54, 1.807) is 18.5 Å². The van der Waals surface area contributed by atoms with Gasteiger partial charge in [0.15, 0.2) is 5.78 Å². The fourth-order valence-corrected chi connectivity index (χ4v) is 4.25. The third-order valence-corrected chi connectivity index (χ3v) is 6.17. The van der Waals surface area contributed by atoms with Gasteiger partial charge in [0.25, 0.3) is 5.91 Å². The molecule has 0 atom stereocenters. The molecule has 1 aliphatic carbocycles. The van der Waals surface area contributed by atoms with E-state index >= 15 is 0 Å². The molecule has 32 heavy (non-hydrogen) atoms. The SMILES string of the molecule is CN1CCC(NC(=O)c2ccc3nc(C4=CC(c5ccncc5)=CCC4=O)[nH]c3c2)CC1. The number of Topliss-reactive ketones (excluding diaryl/α,β-unsaturated/α-hetero) is 1. The van der Waals surface area contributed by atoms with Crippen LogP contribution in [0.5, 0.6) is 0 Å². The summed E-state index contributed by atoms with van der Waals surface area (Å²) >= 11 is 0. The molecule has 2 aliphatic rings. The Morgan fingerprint density at radius 2 is 1.94 bits per heavy atom. The minimum absolute atomic E-state index is 0.0158. The minimum Gasteiger partial charge on any atom is -0.349 e. The number of aromatic amines is 1. The number of pyridine rings is 1. The van der Waals surface area contributed by atoms with Gasteiger partial charge >= 0.3 is 0 Å². The maximum Gasteiger partial charge on any atom is 0.251 e. The number of aromatic nitrogens is 3. The number of carbonyl (C=O) groups is 2. The molecule has 5 rings (SSSR count). The van der Waals surface area contributed by atoms with Crippen LogP contribution in [0.1, 0.15) is 41.0 Å². The van der Waals surface area contributed by atoms with Gasteiger partial charge in [-0.05, 0) is 80.5 Å². The van der Waals surface area contributed by atoms with Crippen LogP contribution in [-0.4, -0.2) is 57.7 Å². The highest BCUT2D eigenvalue weighted by molar-refractivity contribution is 6.24. The number of nitrogens with zero attached hydrogens (tertiary/aromatic N) is 3. The highest BCUT2D eigenvalue weighted by Crippen LogP contribution is 2.29. The standard InChI is InChI=1S/C25H25N5O2/c1-30-12-8-19(9-13-30)27-25(32)18-2-4-21-22(15-18)29-24(28-21)20-14-17(3-5-23(20)31)16-6-10-26-11-7-16/h2-4,6-7,10-11,14-15,19H,5,8-9,12-13H2,1H3,(H,27,32)(H,28,29). The molecule has 1 aromatic carbocycles. The summed E-state index contributed by atoms with van der Waals surface area (Å²) in [6.07, 6.45) is 9.51. The molecule has 2 aromatic heterocycles. The molecule has 0 bridgehead atoms. The van der Waals surface area contributed by atoms with E-state index in [0.717, 1.165) is 48.1 Å². The lowest BCUT2D eigenvalue weighted by Gasteiger charge is -2.29. The van der Waals surface area contributed by atoms with E-state index in [2.05, 4.69) is 32.2 Å². The molecule has 2 N–H and O–H groups in total. The third kappa shape index (κ3) is 4.11. The lowest BCUT2D eigenvalue weighted by atomic mass is 9.94. The molecule has 0 spiro atoms. The predicted octanol–water partition coefficient (Wildman–Crippen LogP) is 3.22. The molecule has 0 radical (unpaired) electrons. The van der Waals surface area contributed by atoms with Crippen molar-refractivity contribution in [2.24, 2.45) is 0 Å². The Hall–Kier alpha value is -3.58. The average Bonchev–Trinajstić information content (AvgIpc) is 3.24. The number of hydrogen-bond donors (Lipinski definition) is 2. The van der Waals surface area contributed by atoms with Crippen LogP contribution in [0.15, 0.2) is 54.9 Å². The Morgan fingerprint density at radius 1 is 1.16 bits per heavy atom. The van der Waals surface area contributed by atoms with Gasteiger partial charge in [0, 0.05) is 30.4 Å². The van der Waals surface area contributed by atoms with Gasteiger partial charge in [-0.15, -0.1) is 0 Å².